The van der Waals surface area contributed by atoms with Gasteiger partial charge in [-0.3, -0.25) is 0 Å². The van der Waals surface area contributed by atoms with Gasteiger partial charge in [0.1, 0.15) is 0 Å². The van der Waals surface area contributed by atoms with E-state index in [-0.39, 0.29) is 17.4 Å². The Morgan fingerprint density at radius 3 is 2.55 bits per heavy atom. The van der Waals surface area contributed by atoms with E-state index in [2.05, 4.69) is 23.9 Å². The van der Waals surface area contributed by atoms with Crippen LogP contribution in [0.25, 0.3) is 0 Å². The largest absolute Gasteiger partial charge is 0.375 e. The molecule has 1 atom stereocenters. The van der Waals surface area contributed by atoms with Gasteiger partial charge in [-0.2, -0.15) is 0 Å². The van der Waals surface area contributed by atoms with Crippen molar-refractivity contribution in [3.63, 3.8) is 0 Å². The molecule has 0 aromatic heterocycles. The van der Waals surface area contributed by atoms with Crippen molar-refractivity contribution in [1.29, 1.82) is 0 Å². The van der Waals surface area contributed by atoms with Gasteiger partial charge in [0.15, 0.2) is 0 Å². The Hall–Kier alpha value is -0.170. The van der Waals surface area contributed by atoms with Crippen LogP contribution in [0.1, 0.15) is 52.4 Å². The molecule has 1 aliphatic rings. The van der Waals surface area contributed by atoms with E-state index in [9.17, 15) is 8.42 Å². The van der Waals surface area contributed by atoms with E-state index < -0.39 is 10.0 Å². The average Bonchev–Trinajstić information content (AvgIpc) is 2.43. The molecule has 0 aromatic rings. The quantitative estimate of drug-likeness (QED) is 0.636. The van der Waals surface area contributed by atoms with Crippen LogP contribution in [0.2, 0.25) is 0 Å². The molecule has 20 heavy (non-hydrogen) atoms. The molecule has 0 bridgehead atoms. The number of rotatable bonds is 9. The van der Waals surface area contributed by atoms with Gasteiger partial charge in [-0.25, -0.2) is 13.1 Å². The van der Waals surface area contributed by atoms with E-state index in [1.807, 2.05) is 7.05 Å². The second-order valence-electron chi connectivity index (χ2n) is 5.68. The predicted octanol–water partition coefficient (Wildman–Crippen LogP) is 1.64. The van der Waals surface area contributed by atoms with Crippen molar-refractivity contribution in [1.82, 2.24) is 10.0 Å². The molecule has 1 aliphatic heterocycles. The SMILES string of the molecule is CCC1(CC)CC(NS(=O)(=O)CCCCNC)CCO1. The lowest BCUT2D eigenvalue weighted by molar-refractivity contribution is -0.0905. The van der Waals surface area contributed by atoms with Crippen LogP contribution < -0.4 is 10.0 Å². The highest BCUT2D eigenvalue weighted by Gasteiger charge is 2.35. The number of sulfonamides is 1. The Kier molecular flexibility index (Phi) is 7.43. The first-order valence-corrected chi connectivity index (χ1v) is 9.40. The van der Waals surface area contributed by atoms with Crippen molar-refractivity contribution < 1.29 is 13.2 Å². The molecule has 1 heterocycles. The summed E-state index contributed by atoms with van der Waals surface area (Å²) in [7, 11) is -1.28. The Bertz CT molecular complexity index is 367. The highest BCUT2D eigenvalue weighted by Crippen LogP contribution is 2.31. The van der Waals surface area contributed by atoms with Crippen molar-refractivity contribution in [2.24, 2.45) is 0 Å². The van der Waals surface area contributed by atoms with Crippen LogP contribution >= 0.6 is 0 Å². The summed E-state index contributed by atoms with van der Waals surface area (Å²) in [6.07, 6.45) is 5.02. The van der Waals surface area contributed by atoms with E-state index in [1.165, 1.54) is 0 Å². The first kappa shape index (κ1) is 17.9. The fraction of sp³-hybridized carbons (Fsp3) is 1.00. The Labute approximate surface area is 123 Å². The minimum Gasteiger partial charge on any atom is -0.375 e. The minimum atomic E-state index is -3.16. The molecule has 1 saturated heterocycles. The molecule has 2 N–H and O–H groups in total. The third kappa shape index (κ3) is 5.68. The Morgan fingerprint density at radius 1 is 1.25 bits per heavy atom. The summed E-state index contributed by atoms with van der Waals surface area (Å²) in [4.78, 5) is 0. The molecule has 120 valence electrons. The number of nitrogens with one attached hydrogen (secondary N) is 2. The molecule has 6 heteroatoms. The van der Waals surface area contributed by atoms with Crippen molar-refractivity contribution in [3.05, 3.63) is 0 Å². The van der Waals surface area contributed by atoms with Crippen molar-refractivity contribution in [3.8, 4) is 0 Å². The van der Waals surface area contributed by atoms with Gasteiger partial charge >= 0.3 is 0 Å². The maximum absolute atomic E-state index is 12.1. The van der Waals surface area contributed by atoms with Crippen LogP contribution in [0.5, 0.6) is 0 Å². The maximum Gasteiger partial charge on any atom is 0.211 e. The molecule has 0 spiro atoms. The zero-order valence-corrected chi connectivity index (χ0v) is 13.9. The molecule has 1 rings (SSSR count). The zero-order valence-electron chi connectivity index (χ0n) is 13.1. The van der Waals surface area contributed by atoms with Gasteiger partial charge in [0.05, 0.1) is 11.4 Å². The number of ether oxygens (including phenoxy) is 1. The first-order chi connectivity index (χ1) is 9.47. The fourth-order valence-electron chi connectivity index (χ4n) is 2.78. The van der Waals surface area contributed by atoms with Gasteiger partial charge in [-0.1, -0.05) is 13.8 Å². The van der Waals surface area contributed by atoms with Gasteiger partial charge in [0, 0.05) is 12.6 Å². The van der Waals surface area contributed by atoms with Crippen LogP contribution in [0, 0.1) is 0 Å². The second kappa shape index (κ2) is 8.32. The molecule has 0 aromatic carbocycles. The van der Waals surface area contributed by atoms with E-state index in [0.29, 0.717) is 13.0 Å². The second-order valence-corrected chi connectivity index (χ2v) is 7.55. The fourth-order valence-corrected chi connectivity index (χ4v) is 4.19. The Morgan fingerprint density at radius 2 is 1.95 bits per heavy atom. The van der Waals surface area contributed by atoms with E-state index in [4.69, 9.17) is 4.74 Å². The molecule has 1 fully saturated rings. The standard InChI is InChI=1S/C14H30N2O3S/c1-4-14(5-2)12-13(8-10-19-14)16-20(17,18)11-7-6-9-15-3/h13,15-16H,4-12H2,1-3H3. The van der Waals surface area contributed by atoms with Crippen LogP contribution in [0.4, 0.5) is 0 Å². The van der Waals surface area contributed by atoms with Gasteiger partial charge in [-0.15, -0.1) is 0 Å². The van der Waals surface area contributed by atoms with Crippen molar-refractivity contribution in [2.45, 2.75) is 64.0 Å². The number of hydrogen-bond donors (Lipinski definition) is 2. The summed E-state index contributed by atoms with van der Waals surface area (Å²) in [5.41, 5.74) is -0.141. The molecule has 5 nitrogen and oxygen atoms in total. The number of unbranched alkanes of at least 4 members (excludes halogenated alkanes) is 1. The maximum atomic E-state index is 12.1. The first-order valence-electron chi connectivity index (χ1n) is 7.75. The lowest BCUT2D eigenvalue weighted by Gasteiger charge is -2.40. The monoisotopic (exact) mass is 306 g/mol. The summed E-state index contributed by atoms with van der Waals surface area (Å²) < 4.78 is 32.9. The third-order valence-corrected chi connectivity index (χ3v) is 5.74. The number of hydrogen-bond acceptors (Lipinski definition) is 4. The van der Waals surface area contributed by atoms with Crippen LogP contribution in [-0.4, -0.2) is 46.0 Å². The zero-order chi connectivity index (χ0) is 15.1. The summed E-state index contributed by atoms with van der Waals surface area (Å²) in [5, 5.41) is 3.03. The Balaban J connectivity index is 2.46. The third-order valence-electron chi connectivity index (χ3n) is 4.22. The molecular weight excluding hydrogens is 276 g/mol. The molecule has 1 unspecified atom stereocenters. The van der Waals surface area contributed by atoms with Crippen LogP contribution in [0.3, 0.4) is 0 Å². The minimum absolute atomic E-state index is 0.0259. The van der Waals surface area contributed by atoms with Gasteiger partial charge in [0.2, 0.25) is 10.0 Å². The summed E-state index contributed by atoms with van der Waals surface area (Å²) in [6.45, 7) is 5.73. The van der Waals surface area contributed by atoms with Gasteiger partial charge < -0.3 is 10.1 Å². The predicted molar refractivity (Wildman–Crippen MR) is 82.4 cm³/mol. The van der Waals surface area contributed by atoms with Crippen molar-refractivity contribution in [2.75, 3.05) is 26.0 Å². The highest BCUT2D eigenvalue weighted by molar-refractivity contribution is 7.89. The van der Waals surface area contributed by atoms with Crippen molar-refractivity contribution >= 4 is 10.0 Å². The molecular formula is C14H30N2O3S. The topological polar surface area (TPSA) is 67.4 Å². The summed E-state index contributed by atoms with van der Waals surface area (Å²) in [5.74, 6) is 0.220. The smallest absolute Gasteiger partial charge is 0.211 e. The van der Waals surface area contributed by atoms with E-state index >= 15 is 0 Å². The molecule has 0 aliphatic carbocycles. The van der Waals surface area contributed by atoms with Crippen LogP contribution in [-0.2, 0) is 14.8 Å². The van der Waals surface area contributed by atoms with Crippen LogP contribution in [0.15, 0.2) is 0 Å². The van der Waals surface area contributed by atoms with E-state index in [1.54, 1.807) is 0 Å². The normalized spacial score (nSPS) is 22.9. The molecule has 0 amide bonds. The average molecular weight is 306 g/mol. The highest BCUT2D eigenvalue weighted by atomic mass is 32.2. The summed E-state index contributed by atoms with van der Waals surface area (Å²) >= 11 is 0. The molecule has 0 saturated carbocycles. The van der Waals surface area contributed by atoms with Gasteiger partial charge in [-0.05, 0) is 52.1 Å². The lowest BCUT2D eigenvalue weighted by Crippen LogP contribution is -2.48. The lowest BCUT2D eigenvalue weighted by atomic mass is 9.86. The van der Waals surface area contributed by atoms with E-state index in [0.717, 1.165) is 38.6 Å². The molecule has 0 radical (unpaired) electrons. The summed E-state index contributed by atoms with van der Waals surface area (Å²) in [6, 6.07) is 0.0259. The van der Waals surface area contributed by atoms with Gasteiger partial charge in [0.25, 0.3) is 0 Å².